The van der Waals surface area contributed by atoms with Crippen molar-refractivity contribution >= 4 is 23.4 Å². The minimum atomic E-state index is -2.45. The number of carbonyl (C=O) groups excluding carboxylic acids is 1. The van der Waals surface area contributed by atoms with Crippen molar-refractivity contribution in [2.45, 2.75) is 44.9 Å². The van der Waals surface area contributed by atoms with Crippen molar-refractivity contribution in [2.24, 2.45) is 0 Å². The van der Waals surface area contributed by atoms with Gasteiger partial charge < -0.3 is 5.32 Å². The lowest BCUT2D eigenvalue weighted by atomic mass is 10.4. The molecule has 0 saturated carbocycles. The Kier molecular flexibility index (Phi) is 6.83. The molecule has 0 aliphatic rings. The summed E-state index contributed by atoms with van der Waals surface area (Å²) in [5.74, 6) is 0.813. The topological polar surface area (TPSA) is 46.9 Å². The number of alkyl halides is 2. The number of halogens is 2. The van der Waals surface area contributed by atoms with E-state index in [-0.39, 0.29) is 11.2 Å². The second kappa shape index (κ2) is 8.14. The molecular weight excluding hydrogens is 272 g/mol. The molecule has 4 nitrogen and oxygen atoms in total. The van der Waals surface area contributed by atoms with Crippen LogP contribution >= 0.6 is 11.8 Å². The average molecular weight is 291 g/mol. The Balaban J connectivity index is 2.40. The van der Waals surface area contributed by atoms with Gasteiger partial charge in [0.15, 0.2) is 0 Å². The molecule has 19 heavy (non-hydrogen) atoms. The molecule has 1 aromatic rings. The number of hydrogen-bond donors (Lipinski definition) is 1. The van der Waals surface area contributed by atoms with Crippen LogP contribution in [0.25, 0.3) is 0 Å². The van der Waals surface area contributed by atoms with Crippen LogP contribution in [0.15, 0.2) is 12.4 Å². The molecule has 0 saturated heterocycles. The Morgan fingerprint density at radius 1 is 1.58 bits per heavy atom. The van der Waals surface area contributed by atoms with Gasteiger partial charge in [-0.2, -0.15) is 5.10 Å². The summed E-state index contributed by atoms with van der Waals surface area (Å²) < 4.78 is 25.4. The monoisotopic (exact) mass is 291 g/mol. The third-order valence-corrected chi connectivity index (χ3v) is 3.70. The molecule has 0 radical (unpaired) electrons. The van der Waals surface area contributed by atoms with Crippen LogP contribution in [-0.4, -0.2) is 33.1 Å². The molecule has 1 atom stereocenters. The van der Waals surface area contributed by atoms with Crippen molar-refractivity contribution in [3.05, 3.63) is 12.4 Å². The van der Waals surface area contributed by atoms with Crippen LogP contribution in [0.3, 0.4) is 0 Å². The Morgan fingerprint density at radius 3 is 2.95 bits per heavy atom. The van der Waals surface area contributed by atoms with Gasteiger partial charge >= 0.3 is 0 Å². The average Bonchev–Trinajstić information content (AvgIpc) is 2.75. The maximum Gasteiger partial charge on any atom is 0.257 e. The molecule has 0 fully saturated rings. The number of aromatic nitrogens is 2. The first-order chi connectivity index (χ1) is 9.02. The van der Waals surface area contributed by atoms with Gasteiger partial charge in [-0.15, -0.1) is 11.8 Å². The number of carbonyl (C=O) groups is 1. The van der Waals surface area contributed by atoms with Crippen LogP contribution in [0.4, 0.5) is 14.5 Å². The lowest BCUT2D eigenvalue weighted by Gasteiger charge is -2.10. The molecule has 1 amide bonds. The van der Waals surface area contributed by atoms with Crippen molar-refractivity contribution in [2.75, 3.05) is 11.1 Å². The first-order valence-electron chi connectivity index (χ1n) is 6.26. The number of hydrogen-bond acceptors (Lipinski definition) is 3. The number of unbranched alkanes of at least 4 members (excludes halogenated alkanes) is 1. The highest BCUT2D eigenvalue weighted by atomic mass is 32.2. The fourth-order valence-electron chi connectivity index (χ4n) is 1.39. The molecule has 0 aliphatic carbocycles. The van der Waals surface area contributed by atoms with E-state index in [1.54, 1.807) is 11.8 Å². The van der Waals surface area contributed by atoms with Crippen LogP contribution in [0, 0.1) is 0 Å². The van der Waals surface area contributed by atoms with E-state index in [4.69, 9.17) is 0 Å². The highest BCUT2D eigenvalue weighted by Crippen LogP contribution is 2.15. The van der Waals surface area contributed by atoms with E-state index >= 15 is 0 Å². The standard InChI is InChI=1S/C12H19F2N3OS/c1-3-4-5-19-9(2)12(18)16-10-6-15-17(7-10)8-11(13)14/h6-7,9,11H,3-5,8H2,1-2H3,(H,16,18)/t9-/m0/s1. The molecule has 0 bridgehead atoms. The Morgan fingerprint density at radius 2 is 2.32 bits per heavy atom. The summed E-state index contributed by atoms with van der Waals surface area (Å²) in [6, 6.07) is 0. The van der Waals surface area contributed by atoms with Crippen LogP contribution in [-0.2, 0) is 11.3 Å². The van der Waals surface area contributed by atoms with E-state index < -0.39 is 13.0 Å². The number of amides is 1. The summed E-state index contributed by atoms with van der Waals surface area (Å²) >= 11 is 1.59. The molecule has 1 rings (SSSR count). The highest BCUT2D eigenvalue weighted by Gasteiger charge is 2.14. The molecular formula is C12H19F2N3OS. The first-order valence-corrected chi connectivity index (χ1v) is 7.31. The number of thioether (sulfide) groups is 1. The maximum absolute atomic E-state index is 12.1. The molecule has 1 aromatic heterocycles. The predicted octanol–water partition coefficient (Wildman–Crippen LogP) is 3.01. The molecule has 0 unspecified atom stereocenters. The summed E-state index contributed by atoms with van der Waals surface area (Å²) in [7, 11) is 0. The zero-order valence-corrected chi connectivity index (χ0v) is 11.9. The fourth-order valence-corrected chi connectivity index (χ4v) is 2.41. The molecule has 0 spiro atoms. The second-order valence-electron chi connectivity index (χ2n) is 4.20. The number of rotatable bonds is 8. The second-order valence-corrected chi connectivity index (χ2v) is 5.65. The van der Waals surface area contributed by atoms with Gasteiger partial charge in [0.1, 0.15) is 6.54 Å². The molecule has 1 N–H and O–H groups in total. The van der Waals surface area contributed by atoms with Gasteiger partial charge in [-0.05, 0) is 19.1 Å². The molecule has 0 aromatic carbocycles. The Bertz CT molecular complexity index is 398. The minimum absolute atomic E-state index is 0.127. The lowest BCUT2D eigenvalue weighted by molar-refractivity contribution is -0.115. The zero-order valence-electron chi connectivity index (χ0n) is 11.1. The fraction of sp³-hybridized carbons (Fsp3) is 0.667. The van der Waals surface area contributed by atoms with Gasteiger partial charge in [-0.25, -0.2) is 8.78 Å². The molecule has 1 heterocycles. The van der Waals surface area contributed by atoms with Crippen molar-refractivity contribution in [3.8, 4) is 0 Å². The largest absolute Gasteiger partial charge is 0.322 e. The van der Waals surface area contributed by atoms with Gasteiger partial charge in [-0.1, -0.05) is 13.3 Å². The third-order valence-electron chi connectivity index (χ3n) is 2.46. The number of nitrogens with one attached hydrogen (secondary N) is 1. The van der Waals surface area contributed by atoms with Gasteiger partial charge in [0.25, 0.3) is 6.43 Å². The summed E-state index contributed by atoms with van der Waals surface area (Å²) in [5, 5.41) is 6.27. The lowest BCUT2D eigenvalue weighted by Crippen LogP contribution is -2.22. The van der Waals surface area contributed by atoms with Crippen LogP contribution in [0.5, 0.6) is 0 Å². The van der Waals surface area contributed by atoms with E-state index in [1.165, 1.54) is 12.4 Å². The summed E-state index contributed by atoms with van der Waals surface area (Å²) in [6.07, 6.45) is 2.51. The smallest absolute Gasteiger partial charge is 0.257 e. The summed E-state index contributed by atoms with van der Waals surface area (Å²) in [4.78, 5) is 11.8. The van der Waals surface area contributed by atoms with Crippen LogP contribution in [0.2, 0.25) is 0 Å². The highest BCUT2D eigenvalue weighted by molar-refractivity contribution is 8.00. The minimum Gasteiger partial charge on any atom is -0.322 e. The molecule has 108 valence electrons. The SMILES string of the molecule is CCCCS[C@@H](C)C(=O)Nc1cnn(CC(F)F)c1. The van der Waals surface area contributed by atoms with E-state index in [2.05, 4.69) is 17.3 Å². The van der Waals surface area contributed by atoms with Crippen molar-refractivity contribution in [1.82, 2.24) is 9.78 Å². The van der Waals surface area contributed by atoms with E-state index in [0.717, 1.165) is 23.3 Å². The summed E-state index contributed by atoms with van der Waals surface area (Å²) in [6.45, 7) is 3.47. The maximum atomic E-state index is 12.1. The van der Waals surface area contributed by atoms with Crippen LogP contribution in [0.1, 0.15) is 26.7 Å². The third kappa shape index (κ3) is 6.04. The summed E-state index contributed by atoms with van der Waals surface area (Å²) in [5.41, 5.74) is 0.452. The van der Waals surface area contributed by atoms with E-state index in [1.807, 2.05) is 6.92 Å². The van der Waals surface area contributed by atoms with Crippen LogP contribution < -0.4 is 5.32 Å². The predicted molar refractivity (Wildman–Crippen MR) is 73.7 cm³/mol. The number of nitrogens with zero attached hydrogens (tertiary/aromatic N) is 2. The molecule has 7 heteroatoms. The van der Waals surface area contributed by atoms with Gasteiger partial charge in [0.05, 0.1) is 17.1 Å². The zero-order chi connectivity index (χ0) is 14.3. The number of anilines is 1. The molecule has 0 aliphatic heterocycles. The quantitative estimate of drug-likeness (QED) is 0.749. The van der Waals surface area contributed by atoms with E-state index in [0.29, 0.717) is 5.69 Å². The van der Waals surface area contributed by atoms with Gasteiger partial charge in [0, 0.05) is 6.20 Å². The normalized spacial score (nSPS) is 12.7. The van der Waals surface area contributed by atoms with Gasteiger partial charge in [0.2, 0.25) is 5.91 Å². The van der Waals surface area contributed by atoms with E-state index in [9.17, 15) is 13.6 Å². The van der Waals surface area contributed by atoms with Crippen molar-refractivity contribution in [1.29, 1.82) is 0 Å². The van der Waals surface area contributed by atoms with Gasteiger partial charge in [-0.3, -0.25) is 9.48 Å². The Hall–Kier alpha value is -1.11. The van der Waals surface area contributed by atoms with Crippen molar-refractivity contribution in [3.63, 3.8) is 0 Å². The van der Waals surface area contributed by atoms with Crippen molar-refractivity contribution < 1.29 is 13.6 Å². The Labute approximate surface area is 115 Å². The first kappa shape index (κ1) is 15.9.